The summed E-state index contributed by atoms with van der Waals surface area (Å²) in [5.41, 5.74) is 0.429. The lowest BCUT2D eigenvalue weighted by Gasteiger charge is -2.15. The van der Waals surface area contributed by atoms with E-state index in [0.29, 0.717) is 18.7 Å². The van der Waals surface area contributed by atoms with Crippen LogP contribution in [0.5, 0.6) is 0 Å². The number of Topliss-reactive ketones (excluding diaryl/α,β-unsaturated/α-hetero) is 1. The first-order valence-corrected chi connectivity index (χ1v) is 6.26. The highest BCUT2D eigenvalue weighted by molar-refractivity contribution is 5.97. The summed E-state index contributed by atoms with van der Waals surface area (Å²) in [5, 5.41) is 2.67. The standard InChI is InChI=1S/C14H19FN2O3/c1-17(10-14(19)16-7-8-20-2)9-13(18)11-3-5-12(15)6-4-11/h3-6H,7-10H2,1-2H3,(H,16,19). The maximum absolute atomic E-state index is 12.7. The third-order valence-corrected chi connectivity index (χ3v) is 2.62. The minimum atomic E-state index is -0.382. The number of methoxy groups -OCH3 is 1. The van der Waals surface area contributed by atoms with Gasteiger partial charge in [-0.05, 0) is 31.3 Å². The second kappa shape index (κ2) is 8.39. The lowest BCUT2D eigenvalue weighted by atomic mass is 10.1. The van der Waals surface area contributed by atoms with Gasteiger partial charge in [0.15, 0.2) is 5.78 Å². The molecular formula is C14H19FN2O3. The second-order valence-electron chi connectivity index (χ2n) is 4.45. The van der Waals surface area contributed by atoms with Gasteiger partial charge in [0.05, 0.1) is 19.7 Å². The highest BCUT2D eigenvalue weighted by Gasteiger charge is 2.12. The Morgan fingerprint density at radius 1 is 1.25 bits per heavy atom. The molecule has 1 aromatic rings. The van der Waals surface area contributed by atoms with Crippen molar-refractivity contribution in [1.29, 1.82) is 0 Å². The van der Waals surface area contributed by atoms with E-state index in [1.165, 1.54) is 24.3 Å². The van der Waals surface area contributed by atoms with E-state index in [-0.39, 0.29) is 30.6 Å². The number of benzene rings is 1. The summed E-state index contributed by atoms with van der Waals surface area (Å²) in [6.45, 7) is 1.11. The smallest absolute Gasteiger partial charge is 0.234 e. The van der Waals surface area contributed by atoms with Crippen molar-refractivity contribution >= 4 is 11.7 Å². The van der Waals surface area contributed by atoms with Crippen molar-refractivity contribution in [1.82, 2.24) is 10.2 Å². The lowest BCUT2D eigenvalue weighted by Crippen LogP contribution is -2.38. The van der Waals surface area contributed by atoms with Gasteiger partial charge in [-0.25, -0.2) is 4.39 Å². The molecule has 0 aliphatic heterocycles. The fourth-order valence-corrected chi connectivity index (χ4v) is 1.62. The summed E-state index contributed by atoms with van der Waals surface area (Å²) in [5.74, 6) is -0.707. The van der Waals surface area contributed by atoms with Crippen LogP contribution in [-0.4, -0.2) is 57.0 Å². The van der Waals surface area contributed by atoms with Crippen LogP contribution in [0.15, 0.2) is 24.3 Å². The molecular weight excluding hydrogens is 263 g/mol. The van der Waals surface area contributed by atoms with E-state index in [1.54, 1.807) is 19.1 Å². The molecule has 1 amide bonds. The normalized spacial score (nSPS) is 10.6. The summed E-state index contributed by atoms with van der Waals surface area (Å²) >= 11 is 0. The van der Waals surface area contributed by atoms with E-state index < -0.39 is 0 Å². The van der Waals surface area contributed by atoms with E-state index in [4.69, 9.17) is 4.74 Å². The maximum atomic E-state index is 12.7. The molecule has 5 nitrogen and oxygen atoms in total. The number of amides is 1. The van der Waals surface area contributed by atoms with Gasteiger partial charge in [0.25, 0.3) is 0 Å². The van der Waals surface area contributed by atoms with Gasteiger partial charge in [-0.3, -0.25) is 14.5 Å². The molecule has 110 valence electrons. The first-order valence-electron chi connectivity index (χ1n) is 6.26. The first-order chi connectivity index (χ1) is 9.52. The van der Waals surface area contributed by atoms with Gasteiger partial charge < -0.3 is 10.1 Å². The predicted octanol–water partition coefficient (Wildman–Crippen LogP) is 0.703. The van der Waals surface area contributed by atoms with E-state index >= 15 is 0 Å². The topological polar surface area (TPSA) is 58.6 Å². The average molecular weight is 282 g/mol. The van der Waals surface area contributed by atoms with Crippen LogP contribution in [0.3, 0.4) is 0 Å². The number of ether oxygens (including phenoxy) is 1. The molecule has 0 aliphatic rings. The summed E-state index contributed by atoms with van der Waals surface area (Å²) < 4.78 is 17.6. The van der Waals surface area contributed by atoms with Crippen LogP contribution in [0, 0.1) is 5.82 Å². The van der Waals surface area contributed by atoms with Crippen LogP contribution < -0.4 is 5.32 Å². The van der Waals surface area contributed by atoms with Crippen LogP contribution in [-0.2, 0) is 9.53 Å². The number of carbonyl (C=O) groups excluding carboxylic acids is 2. The third-order valence-electron chi connectivity index (χ3n) is 2.62. The molecule has 0 aliphatic carbocycles. The number of hydrogen-bond acceptors (Lipinski definition) is 4. The number of ketones is 1. The Labute approximate surface area is 117 Å². The largest absolute Gasteiger partial charge is 0.383 e. The van der Waals surface area contributed by atoms with Crippen molar-refractivity contribution in [3.05, 3.63) is 35.6 Å². The Bertz CT molecular complexity index is 448. The minimum absolute atomic E-state index is 0.101. The molecule has 0 saturated heterocycles. The van der Waals surface area contributed by atoms with Gasteiger partial charge in [-0.2, -0.15) is 0 Å². The fourth-order valence-electron chi connectivity index (χ4n) is 1.62. The predicted molar refractivity (Wildman–Crippen MR) is 73.1 cm³/mol. The zero-order chi connectivity index (χ0) is 15.0. The molecule has 20 heavy (non-hydrogen) atoms. The lowest BCUT2D eigenvalue weighted by molar-refractivity contribution is -0.122. The van der Waals surface area contributed by atoms with Gasteiger partial charge in [-0.1, -0.05) is 0 Å². The quantitative estimate of drug-likeness (QED) is 0.563. The molecule has 1 rings (SSSR count). The first kappa shape index (κ1) is 16.3. The fraction of sp³-hybridized carbons (Fsp3) is 0.429. The van der Waals surface area contributed by atoms with Gasteiger partial charge >= 0.3 is 0 Å². The summed E-state index contributed by atoms with van der Waals surface area (Å²) in [7, 11) is 3.23. The van der Waals surface area contributed by atoms with Gasteiger partial charge in [-0.15, -0.1) is 0 Å². The monoisotopic (exact) mass is 282 g/mol. The van der Waals surface area contributed by atoms with Crippen molar-refractivity contribution in [2.45, 2.75) is 0 Å². The van der Waals surface area contributed by atoms with E-state index in [9.17, 15) is 14.0 Å². The number of nitrogens with one attached hydrogen (secondary N) is 1. The second-order valence-corrected chi connectivity index (χ2v) is 4.45. The zero-order valence-electron chi connectivity index (χ0n) is 11.7. The van der Waals surface area contributed by atoms with Crippen molar-refractivity contribution in [3.63, 3.8) is 0 Å². The van der Waals surface area contributed by atoms with Gasteiger partial charge in [0.2, 0.25) is 5.91 Å². The molecule has 1 aromatic carbocycles. The van der Waals surface area contributed by atoms with E-state index in [0.717, 1.165) is 0 Å². The number of carbonyl (C=O) groups is 2. The Kier molecular flexibility index (Phi) is 6.83. The average Bonchev–Trinajstić information content (AvgIpc) is 2.39. The Morgan fingerprint density at radius 2 is 1.90 bits per heavy atom. The molecule has 0 aromatic heterocycles. The van der Waals surface area contributed by atoms with Gasteiger partial charge in [0.1, 0.15) is 5.82 Å². The molecule has 0 fully saturated rings. The minimum Gasteiger partial charge on any atom is -0.383 e. The van der Waals surface area contributed by atoms with E-state index in [2.05, 4.69) is 5.32 Å². The SMILES string of the molecule is COCCNC(=O)CN(C)CC(=O)c1ccc(F)cc1. The molecule has 0 bridgehead atoms. The maximum Gasteiger partial charge on any atom is 0.234 e. The van der Waals surface area contributed by atoms with E-state index in [1.807, 2.05) is 0 Å². The molecule has 0 saturated carbocycles. The number of rotatable bonds is 8. The molecule has 1 N–H and O–H groups in total. The highest BCUT2D eigenvalue weighted by Crippen LogP contribution is 2.04. The van der Waals surface area contributed by atoms with Crippen LogP contribution in [0.25, 0.3) is 0 Å². The van der Waals surface area contributed by atoms with Crippen LogP contribution >= 0.6 is 0 Å². The number of halogens is 1. The third kappa shape index (κ3) is 5.90. The van der Waals surface area contributed by atoms with Crippen LogP contribution in [0.4, 0.5) is 4.39 Å². The molecule has 0 radical (unpaired) electrons. The van der Waals surface area contributed by atoms with Crippen molar-refractivity contribution in [2.24, 2.45) is 0 Å². The molecule has 0 unspecified atom stereocenters. The Morgan fingerprint density at radius 3 is 2.50 bits per heavy atom. The Hall–Kier alpha value is -1.79. The highest BCUT2D eigenvalue weighted by atomic mass is 19.1. The van der Waals surface area contributed by atoms with Crippen molar-refractivity contribution in [3.8, 4) is 0 Å². The molecule has 0 heterocycles. The van der Waals surface area contributed by atoms with Crippen molar-refractivity contribution < 1.29 is 18.7 Å². The Balaban J connectivity index is 2.37. The number of likely N-dealkylation sites (N-methyl/N-ethyl adjacent to an activating group) is 1. The summed E-state index contributed by atoms with van der Waals surface area (Å²) in [6.07, 6.45) is 0. The molecule has 0 spiro atoms. The number of hydrogen-bond donors (Lipinski definition) is 1. The molecule has 0 atom stereocenters. The zero-order valence-corrected chi connectivity index (χ0v) is 11.7. The van der Waals surface area contributed by atoms with Crippen molar-refractivity contribution in [2.75, 3.05) is 40.4 Å². The summed E-state index contributed by atoms with van der Waals surface area (Å²) in [6, 6.07) is 5.35. The molecule has 6 heteroatoms. The van der Waals surface area contributed by atoms with Crippen LogP contribution in [0.1, 0.15) is 10.4 Å². The summed E-state index contributed by atoms with van der Waals surface area (Å²) in [4.78, 5) is 25.0. The van der Waals surface area contributed by atoms with Crippen LogP contribution in [0.2, 0.25) is 0 Å². The number of nitrogens with zero attached hydrogens (tertiary/aromatic N) is 1. The van der Waals surface area contributed by atoms with Gasteiger partial charge in [0, 0.05) is 19.2 Å².